The van der Waals surface area contributed by atoms with Crippen LogP contribution in [-0.2, 0) is 6.54 Å². The van der Waals surface area contributed by atoms with E-state index in [1.54, 1.807) is 10.9 Å². The van der Waals surface area contributed by atoms with E-state index in [1.165, 1.54) is 0 Å². The average molecular weight is 471 g/mol. The van der Waals surface area contributed by atoms with Crippen LogP contribution in [0.25, 0.3) is 16.9 Å². The van der Waals surface area contributed by atoms with Crippen LogP contribution in [0.2, 0.25) is 0 Å². The topological polar surface area (TPSA) is 85.2 Å². The number of rotatable bonds is 9. The summed E-state index contributed by atoms with van der Waals surface area (Å²) < 4.78 is 7.50. The van der Waals surface area contributed by atoms with Gasteiger partial charge in [0.1, 0.15) is 12.4 Å². The van der Waals surface area contributed by atoms with Gasteiger partial charge in [0.2, 0.25) is 0 Å². The normalized spacial score (nSPS) is 13.4. The summed E-state index contributed by atoms with van der Waals surface area (Å²) in [7, 11) is 4.04. The van der Waals surface area contributed by atoms with Gasteiger partial charge < -0.3 is 15.0 Å². The largest absolute Gasteiger partial charge is 0.492 e. The summed E-state index contributed by atoms with van der Waals surface area (Å²) in [5.74, 6) is 1.78. The second-order valence-electron chi connectivity index (χ2n) is 9.23. The molecule has 8 heteroatoms. The highest BCUT2D eigenvalue weighted by Crippen LogP contribution is 2.40. The number of aromatic nitrogens is 4. The van der Waals surface area contributed by atoms with Crippen molar-refractivity contribution in [2.75, 3.05) is 27.2 Å². The number of hydrogen-bond acceptors (Lipinski definition) is 6. The quantitative estimate of drug-likeness (QED) is 0.400. The van der Waals surface area contributed by atoms with Gasteiger partial charge >= 0.3 is 0 Å². The maximum Gasteiger partial charge on any atom is 0.252 e. The van der Waals surface area contributed by atoms with Gasteiger partial charge in [-0.15, -0.1) is 0 Å². The third-order valence-electron chi connectivity index (χ3n) is 6.12. The van der Waals surface area contributed by atoms with Crippen molar-refractivity contribution in [2.24, 2.45) is 0 Å². The molecule has 180 valence electrons. The lowest BCUT2D eigenvalue weighted by Gasteiger charge is -2.12. The van der Waals surface area contributed by atoms with Gasteiger partial charge in [0.25, 0.3) is 5.91 Å². The first kappa shape index (κ1) is 23.0. The van der Waals surface area contributed by atoms with E-state index in [0.717, 1.165) is 47.5 Å². The number of likely N-dealkylation sites (N-methyl/N-ethyl adjacent to an activating group) is 1. The number of nitrogens with one attached hydrogen (secondary N) is 1. The first-order valence-electron chi connectivity index (χ1n) is 12.0. The minimum absolute atomic E-state index is 0.130. The molecule has 3 heterocycles. The van der Waals surface area contributed by atoms with E-state index in [4.69, 9.17) is 9.72 Å². The van der Waals surface area contributed by atoms with Crippen LogP contribution in [0.4, 0.5) is 0 Å². The number of aryl methyl sites for hydroxylation is 1. The lowest BCUT2D eigenvalue weighted by atomic mass is 10.1. The Morgan fingerprint density at radius 2 is 1.97 bits per heavy atom. The molecular weight excluding hydrogens is 440 g/mol. The Kier molecular flexibility index (Phi) is 6.46. The number of carbonyl (C=O) groups is 1. The Morgan fingerprint density at radius 1 is 1.17 bits per heavy atom. The highest BCUT2D eigenvalue weighted by molar-refractivity contribution is 6.06. The zero-order chi connectivity index (χ0) is 24.4. The molecule has 1 aliphatic carbocycles. The maximum atomic E-state index is 13.4. The number of amides is 1. The SMILES string of the molecule is Cc1nn(-c2ccccn2)c2nc(C3CC3)cc(C(=O)NCc3ccc(OCCN(C)C)cc3)c12. The van der Waals surface area contributed by atoms with Crippen molar-refractivity contribution in [3.8, 4) is 11.6 Å². The third kappa shape index (κ3) is 5.17. The zero-order valence-electron chi connectivity index (χ0n) is 20.4. The van der Waals surface area contributed by atoms with E-state index in [-0.39, 0.29) is 5.91 Å². The fraction of sp³-hybridized carbons (Fsp3) is 0.333. The Hall–Kier alpha value is -3.78. The smallest absolute Gasteiger partial charge is 0.252 e. The predicted molar refractivity (Wildman–Crippen MR) is 135 cm³/mol. The number of benzene rings is 1. The van der Waals surface area contributed by atoms with Gasteiger partial charge in [-0.2, -0.15) is 9.78 Å². The fourth-order valence-electron chi connectivity index (χ4n) is 4.04. The predicted octanol–water partition coefficient (Wildman–Crippen LogP) is 3.87. The molecule has 0 unspecified atom stereocenters. The summed E-state index contributed by atoms with van der Waals surface area (Å²) in [5, 5.41) is 8.53. The second-order valence-corrected chi connectivity index (χ2v) is 9.23. The molecule has 0 saturated heterocycles. The van der Waals surface area contributed by atoms with Crippen LogP contribution >= 0.6 is 0 Å². The van der Waals surface area contributed by atoms with E-state index in [0.29, 0.717) is 36.1 Å². The first-order valence-corrected chi connectivity index (χ1v) is 12.0. The molecule has 1 aromatic carbocycles. The summed E-state index contributed by atoms with van der Waals surface area (Å²) in [6.45, 7) is 3.83. The van der Waals surface area contributed by atoms with Crippen LogP contribution in [0.3, 0.4) is 0 Å². The van der Waals surface area contributed by atoms with Crippen LogP contribution < -0.4 is 10.1 Å². The Labute approximate surface area is 205 Å². The highest BCUT2D eigenvalue weighted by Gasteiger charge is 2.29. The lowest BCUT2D eigenvalue weighted by Crippen LogP contribution is -2.23. The number of fused-ring (bicyclic) bond motifs is 1. The van der Waals surface area contributed by atoms with Gasteiger partial charge in [0.15, 0.2) is 11.5 Å². The van der Waals surface area contributed by atoms with Crippen molar-refractivity contribution in [1.29, 1.82) is 0 Å². The molecule has 1 fully saturated rings. The van der Waals surface area contributed by atoms with Crippen molar-refractivity contribution in [3.05, 3.63) is 77.2 Å². The number of hydrogen-bond donors (Lipinski definition) is 1. The standard InChI is InChI=1S/C27H30N6O2/c1-18-25-22(27(34)29-17-19-7-11-21(12-8-19)35-15-14-32(2)3)16-23(20-9-10-20)30-26(25)33(31-18)24-6-4-5-13-28-24/h4-8,11-13,16,20H,9-10,14-15,17H2,1-3H3,(H,29,34). The summed E-state index contributed by atoms with van der Waals surface area (Å²) in [4.78, 5) is 24.8. The van der Waals surface area contributed by atoms with Crippen molar-refractivity contribution in [2.45, 2.75) is 32.2 Å². The van der Waals surface area contributed by atoms with Crippen LogP contribution in [0.15, 0.2) is 54.7 Å². The van der Waals surface area contributed by atoms with Gasteiger partial charge in [-0.3, -0.25) is 4.79 Å². The van der Waals surface area contributed by atoms with E-state index >= 15 is 0 Å². The maximum absolute atomic E-state index is 13.4. The van der Waals surface area contributed by atoms with Crippen molar-refractivity contribution in [3.63, 3.8) is 0 Å². The molecule has 0 aliphatic heterocycles. The molecule has 5 rings (SSSR count). The van der Waals surface area contributed by atoms with Crippen molar-refractivity contribution >= 4 is 16.9 Å². The molecule has 1 N–H and O–H groups in total. The lowest BCUT2D eigenvalue weighted by molar-refractivity contribution is 0.0952. The number of pyridine rings is 2. The van der Waals surface area contributed by atoms with E-state index in [9.17, 15) is 4.79 Å². The number of nitrogens with zero attached hydrogens (tertiary/aromatic N) is 5. The van der Waals surface area contributed by atoms with Gasteiger partial charge in [0, 0.05) is 30.9 Å². The first-order chi connectivity index (χ1) is 17.0. The summed E-state index contributed by atoms with van der Waals surface area (Å²) >= 11 is 0. The highest BCUT2D eigenvalue weighted by atomic mass is 16.5. The molecule has 0 spiro atoms. The van der Waals surface area contributed by atoms with Gasteiger partial charge in [0.05, 0.1) is 16.6 Å². The molecule has 3 aromatic heterocycles. The number of carbonyl (C=O) groups excluding carboxylic acids is 1. The monoisotopic (exact) mass is 470 g/mol. The zero-order valence-corrected chi connectivity index (χ0v) is 20.4. The minimum atomic E-state index is -0.130. The molecule has 0 atom stereocenters. The van der Waals surface area contributed by atoms with E-state index < -0.39 is 0 Å². The van der Waals surface area contributed by atoms with Gasteiger partial charge in [-0.25, -0.2) is 9.97 Å². The molecular formula is C27H30N6O2. The minimum Gasteiger partial charge on any atom is -0.492 e. The van der Waals surface area contributed by atoms with E-state index in [1.807, 2.05) is 69.6 Å². The summed E-state index contributed by atoms with van der Waals surface area (Å²) in [5.41, 5.74) is 3.99. The molecule has 1 amide bonds. The molecule has 8 nitrogen and oxygen atoms in total. The Morgan fingerprint density at radius 3 is 2.66 bits per heavy atom. The van der Waals surface area contributed by atoms with Crippen LogP contribution in [-0.4, -0.2) is 57.8 Å². The average Bonchev–Trinajstić information content (AvgIpc) is 3.67. The van der Waals surface area contributed by atoms with Crippen LogP contribution in [0, 0.1) is 6.92 Å². The molecule has 1 aliphatic rings. The molecule has 1 saturated carbocycles. The molecule has 0 radical (unpaired) electrons. The van der Waals surface area contributed by atoms with Crippen molar-refractivity contribution in [1.82, 2.24) is 30.0 Å². The Bertz CT molecular complexity index is 1330. The molecule has 4 aromatic rings. The summed E-state index contributed by atoms with van der Waals surface area (Å²) in [6, 6.07) is 15.5. The van der Waals surface area contributed by atoms with Crippen molar-refractivity contribution < 1.29 is 9.53 Å². The number of ether oxygens (including phenoxy) is 1. The molecule has 0 bridgehead atoms. The third-order valence-corrected chi connectivity index (χ3v) is 6.12. The second kappa shape index (κ2) is 9.84. The van der Waals surface area contributed by atoms with Gasteiger partial charge in [-0.1, -0.05) is 18.2 Å². The fourth-order valence-corrected chi connectivity index (χ4v) is 4.04. The van der Waals surface area contributed by atoms with E-state index in [2.05, 4.69) is 20.3 Å². The Balaban J connectivity index is 1.37. The van der Waals surface area contributed by atoms with Crippen LogP contribution in [0.5, 0.6) is 5.75 Å². The van der Waals surface area contributed by atoms with Crippen LogP contribution in [0.1, 0.15) is 46.1 Å². The summed E-state index contributed by atoms with van der Waals surface area (Å²) in [6.07, 6.45) is 3.92. The van der Waals surface area contributed by atoms with Gasteiger partial charge in [-0.05, 0) is 69.8 Å². The molecule has 35 heavy (non-hydrogen) atoms.